The van der Waals surface area contributed by atoms with Crippen LogP contribution in [-0.2, 0) is 19.2 Å². The van der Waals surface area contributed by atoms with E-state index in [9.17, 15) is 19.2 Å². The van der Waals surface area contributed by atoms with Gasteiger partial charge < -0.3 is 9.47 Å². The van der Waals surface area contributed by atoms with Gasteiger partial charge in [0.05, 0.1) is 48.3 Å². The molecular weight excluding hydrogens is 460 g/mol. The number of anilines is 2. The maximum absolute atomic E-state index is 13.6. The Kier molecular flexibility index (Phi) is 5.21. The number of carbonyl (C=O) groups excluding carboxylic acids is 4. The van der Waals surface area contributed by atoms with Crippen molar-refractivity contribution < 1.29 is 28.7 Å². The third kappa shape index (κ3) is 3.06. The number of carbonyl (C=O) groups is 4. The molecule has 2 bridgehead atoms. The molecule has 1 saturated carbocycles. The minimum absolute atomic E-state index is 0.313. The molecule has 36 heavy (non-hydrogen) atoms. The van der Waals surface area contributed by atoms with Gasteiger partial charge in [0, 0.05) is 11.8 Å². The highest BCUT2D eigenvalue weighted by molar-refractivity contribution is 6.26. The fourth-order valence-corrected chi connectivity index (χ4v) is 6.45. The van der Waals surface area contributed by atoms with Crippen LogP contribution in [0.25, 0.3) is 0 Å². The van der Waals surface area contributed by atoms with Gasteiger partial charge in [-0.1, -0.05) is 12.2 Å². The molecule has 2 saturated heterocycles. The molecule has 7 rings (SSSR count). The number of nitrogens with zero attached hydrogens (tertiary/aromatic N) is 2. The number of hydrogen-bond donors (Lipinski definition) is 0. The van der Waals surface area contributed by atoms with Crippen molar-refractivity contribution in [3.63, 3.8) is 0 Å². The first-order valence-corrected chi connectivity index (χ1v) is 12.4. The fraction of sp³-hybridized carbons (Fsp3) is 0.357. The number of amides is 4. The maximum atomic E-state index is 13.6. The first-order chi connectivity index (χ1) is 17.5. The molecule has 3 aliphatic carbocycles. The minimum atomic E-state index is -0.655. The summed E-state index contributed by atoms with van der Waals surface area (Å²) in [7, 11) is 0. The summed E-state index contributed by atoms with van der Waals surface area (Å²) in [5.74, 6) is -3.57. The third-order valence-corrected chi connectivity index (χ3v) is 7.82. The van der Waals surface area contributed by atoms with Crippen LogP contribution in [0.4, 0.5) is 11.4 Å². The molecule has 184 valence electrons. The maximum Gasteiger partial charge on any atom is 0.238 e. The third-order valence-electron chi connectivity index (χ3n) is 7.82. The highest BCUT2D eigenvalue weighted by Gasteiger charge is 2.68. The van der Waals surface area contributed by atoms with Crippen molar-refractivity contribution in [2.24, 2.45) is 35.5 Å². The summed E-state index contributed by atoms with van der Waals surface area (Å²) in [5.41, 5.74) is 0.946. The lowest BCUT2D eigenvalue weighted by molar-refractivity contribution is -0.137. The SMILES string of the molecule is CCOc1ccc(N2C(=O)[C@@H]3C4C=CC([C@H]3C2=O)[C@@H]2C(=O)N(c3ccc(OCC)cc3)C(=O)[C@@H]42)cc1. The van der Waals surface area contributed by atoms with E-state index in [-0.39, 0.29) is 23.6 Å². The Bertz CT molecular complexity index is 1140. The summed E-state index contributed by atoms with van der Waals surface area (Å²) in [6.45, 7) is 4.79. The Labute approximate surface area is 208 Å². The predicted molar refractivity (Wildman–Crippen MR) is 130 cm³/mol. The average molecular weight is 487 g/mol. The normalized spacial score (nSPS) is 30.2. The lowest BCUT2D eigenvalue weighted by Crippen LogP contribution is -2.50. The zero-order valence-electron chi connectivity index (χ0n) is 20.0. The molecule has 2 aromatic rings. The topological polar surface area (TPSA) is 93.2 Å². The molecule has 2 heterocycles. The Morgan fingerprint density at radius 1 is 0.556 bits per heavy atom. The lowest BCUT2D eigenvalue weighted by Gasteiger charge is -2.44. The number of allylic oxidation sites excluding steroid dienone is 2. The van der Waals surface area contributed by atoms with Crippen molar-refractivity contribution in [2.45, 2.75) is 13.8 Å². The summed E-state index contributed by atoms with van der Waals surface area (Å²) in [5, 5.41) is 0. The van der Waals surface area contributed by atoms with Crippen molar-refractivity contribution in [1.29, 1.82) is 0 Å². The van der Waals surface area contributed by atoms with Crippen LogP contribution in [0.1, 0.15) is 13.8 Å². The van der Waals surface area contributed by atoms with E-state index in [2.05, 4.69) is 0 Å². The Balaban J connectivity index is 1.31. The number of ether oxygens (including phenoxy) is 2. The largest absolute Gasteiger partial charge is 0.494 e. The second-order valence-electron chi connectivity index (χ2n) is 9.52. The minimum Gasteiger partial charge on any atom is -0.494 e. The molecule has 0 N–H and O–H groups in total. The Hall–Kier alpha value is -3.94. The van der Waals surface area contributed by atoms with Crippen LogP contribution in [0.2, 0.25) is 0 Å². The molecule has 4 amide bonds. The van der Waals surface area contributed by atoms with Crippen LogP contribution in [0, 0.1) is 35.5 Å². The lowest BCUT2D eigenvalue weighted by atomic mass is 9.54. The van der Waals surface area contributed by atoms with Crippen LogP contribution < -0.4 is 19.3 Å². The van der Waals surface area contributed by atoms with Crippen molar-refractivity contribution in [3.8, 4) is 11.5 Å². The summed E-state index contributed by atoms with van der Waals surface area (Å²) in [6, 6.07) is 13.7. The molecule has 5 aliphatic rings. The summed E-state index contributed by atoms with van der Waals surface area (Å²) < 4.78 is 10.9. The molecule has 8 nitrogen and oxygen atoms in total. The van der Waals surface area contributed by atoms with Crippen LogP contribution in [-0.4, -0.2) is 36.8 Å². The molecule has 0 radical (unpaired) electrons. The van der Waals surface area contributed by atoms with E-state index in [4.69, 9.17) is 9.47 Å². The molecule has 3 fully saturated rings. The highest BCUT2D eigenvalue weighted by Crippen LogP contribution is 2.58. The van der Waals surface area contributed by atoms with Gasteiger partial charge in [0.2, 0.25) is 23.6 Å². The van der Waals surface area contributed by atoms with Crippen LogP contribution in [0.3, 0.4) is 0 Å². The van der Waals surface area contributed by atoms with Crippen molar-refractivity contribution in [1.82, 2.24) is 0 Å². The van der Waals surface area contributed by atoms with Crippen LogP contribution >= 0.6 is 0 Å². The van der Waals surface area contributed by atoms with Gasteiger partial charge >= 0.3 is 0 Å². The number of imide groups is 2. The smallest absolute Gasteiger partial charge is 0.238 e. The summed E-state index contributed by atoms with van der Waals surface area (Å²) in [6.07, 6.45) is 3.74. The van der Waals surface area contributed by atoms with Gasteiger partial charge in [-0.25, -0.2) is 0 Å². The van der Waals surface area contributed by atoms with E-state index in [0.29, 0.717) is 36.1 Å². The van der Waals surface area contributed by atoms with E-state index >= 15 is 0 Å². The summed E-state index contributed by atoms with van der Waals surface area (Å²) >= 11 is 0. The highest BCUT2D eigenvalue weighted by atomic mass is 16.5. The van der Waals surface area contributed by atoms with Gasteiger partial charge in [-0.15, -0.1) is 0 Å². The van der Waals surface area contributed by atoms with E-state index in [1.807, 2.05) is 26.0 Å². The molecule has 2 aromatic carbocycles. The van der Waals surface area contributed by atoms with E-state index in [1.165, 1.54) is 9.80 Å². The van der Waals surface area contributed by atoms with E-state index < -0.39 is 35.5 Å². The van der Waals surface area contributed by atoms with E-state index in [1.54, 1.807) is 48.5 Å². The zero-order valence-corrected chi connectivity index (χ0v) is 20.0. The zero-order chi connectivity index (χ0) is 25.1. The number of hydrogen-bond acceptors (Lipinski definition) is 6. The van der Waals surface area contributed by atoms with Gasteiger partial charge in [0.25, 0.3) is 0 Å². The molecule has 0 aromatic heterocycles. The molecule has 6 atom stereocenters. The second-order valence-corrected chi connectivity index (χ2v) is 9.52. The van der Waals surface area contributed by atoms with Gasteiger partial charge in [-0.2, -0.15) is 0 Å². The average Bonchev–Trinajstić information content (AvgIpc) is 3.33. The Morgan fingerprint density at radius 3 is 1.14 bits per heavy atom. The monoisotopic (exact) mass is 486 g/mol. The molecular formula is C28H26N2O6. The van der Waals surface area contributed by atoms with Crippen molar-refractivity contribution >= 4 is 35.0 Å². The molecule has 2 unspecified atom stereocenters. The Morgan fingerprint density at radius 2 is 0.861 bits per heavy atom. The van der Waals surface area contributed by atoms with E-state index in [0.717, 1.165) is 0 Å². The quantitative estimate of drug-likeness (QED) is 0.460. The van der Waals surface area contributed by atoms with Gasteiger partial charge in [0.15, 0.2) is 0 Å². The van der Waals surface area contributed by atoms with Gasteiger partial charge in [0.1, 0.15) is 11.5 Å². The predicted octanol–water partition coefficient (Wildman–Crippen LogP) is 3.21. The van der Waals surface area contributed by atoms with Crippen LogP contribution in [0.5, 0.6) is 11.5 Å². The second kappa shape index (κ2) is 8.33. The first kappa shape index (κ1) is 22.5. The first-order valence-electron chi connectivity index (χ1n) is 12.4. The number of benzene rings is 2. The summed E-state index contributed by atoms with van der Waals surface area (Å²) in [4.78, 5) is 56.8. The van der Waals surface area contributed by atoms with Crippen molar-refractivity contribution in [3.05, 3.63) is 60.7 Å². The molecule has 0 spiro atoms. The van der Waals surface area contributed by atoms with Gasteiger partial charge in [-0.3, -0.25) is 29.0 Å². The fourth-order valence-electron chi connectivity index (χ4n) is 6.45. The number of rotatable bonds is 6. The van der Waals surface area contributed by atoms with Crippen LogP contribution in [0.15, 0.2) is 60.7 Å². The van der Waals surface area contributed by atoms with Crippen molar-refractivity contribution in [2.75, 3.05) is 23.0 Å². The molecule has 2 aliphatic heterocycles. The standard InChI is InChI=1S/C28H26N2O6/c1-3-35-17-9-5-15(6-10-17)29-25(31)21-19-13-14-20(22(21)26(29)32)24-23(19)27(33)30(28(24)34)16-7-11-18(12-8-16)36-4-2/h5-14,19-24H,3-4H2,1-2H3/t19?,20?,21-,22-,23+,24+. The molecule has 8 heteroatoms. The van der Waals surface area contributed by atoms with Gasteiger partial charge in [-0.05, 0) is 62.4 Å².